The van der Waals surface area contributed by atoms with E-state index in [1.807, 2.05) is 6.07 Å². The van der Waals surface area contributed by atoms with E-state index in [0.29, 0.717) is 16.9 Å². The molecule has 2 fully saturated rings. The minimum atomic E-state index is -4.06. The molecule has 3 aliphatic carbocycles. The molecule has 3 aliphatic rings. The fourth-order valence-electron chi connectivity index (χ4n) is 6.29. The summed E-state index contributed by atoms with van der Waals surface area (Å²) in [5.41, 5.74) is 3.67. The molecule has 0 saturated heterocycles. The van der Waals surface area contributed by atoms with Crippen LogP contribution >= 0.6 is 0 Å². The number of rotatable bonds is 2. The van der Waals surface area contributed by atoms with Crippen molar-refractivity contribution in [1.82, 2.24) is 0 Å². The van der Waals surface area contributed by atoms with Crippen molar-refractivity contribution in [1.29, 1.82) is 0 Å². The molecule has 2 N–H and O–H groups in total. The molecule has 4 unspecified atom stereocenters. The van der Waals surface area contributed by atoms with Crippen molar-refractivity contribution >= 4 is 10.3 Å². The summed E-state index contributed by atoms with van der Waals surface area (Å²) >= 11 is 0. The predicted octanol–water partition coefficient (Wildman–Crippen LogP) is 4.13. The average molecular weight is 388 g/mol. The highest BCUT2D eigenvalue weighted by Gasteiger charge is 2.53. The first-order valence-corrected chi connectivity index (χ1v) is 11.5. The first-order chi connectivity index (χ1) is 12.7. The third-order valence-corrected chi connectivity index (χ3v) is 8.18. The van der Waals surface area contributed by atoms with Gasteiger partial charge in [-0.25, -0.2) is 0 Å². The van der Waals surface area contributed by atoms with Crippen LogP contribution in [0.3, 0.4) is 0 Å². The molecule has 5 atom stereocenters. The Morgan fingerprint density at radius 1 is 1.22 bits per heavy atom. The summed E-state index contributed by atoms with van der Waals surface area (Å²) in [5, 5.41) is 5.10. The zero-order chi connectivity index (χ0) is 19.4. The SMILES string of the molecule is CC#Cc1cc2c(cc1OS(N)(=O)=O)CCC1C2CC[C@]2(C)C(C)CCC12. The van der Waals surface area contributed by atoms with E-state index in [4.69, 9.17) is 9.32 Å². The average Bonchev–Trinajstić information content (AvgIpc) is 2.89. The van der Waals surface area contributed by atoms with Crippen molar-refractivity contribution in [3.05, 3.63) is 28.8 Å². The summed E-state index contributed by atoms with van der Waals surface area (Å²) in [6.07, 6.45) is 7.34. The zero-order valence-electron chi connectivity index (χ0n) is 16.4. The Bertz CT molecular complexity index is 927. The third-order valence-electron chi connectivity index (χ3n) is 7.76. The van der Waals surface area contributed by atoms with Crippen molar-refractivity contribution in [2.24, 2.45) is 28.3 Å². The Balaban J connectivity index is 1.74. The molecule has 0 amide bonds. The molecule has 4 nitrogen and oxygen atoms in total. The standard InChI is InChI=1S/C22H29NO3S/c1-4-5-16-12-19-15(13-21(16)26-27(23,24)25)7-8-18-17(19)10-11-22(3)14(2)6-9-20(18)22/h12-14,17-18,20H,6-11H2,1-3H3,(H2,23,24,25)/t14?,17?,18?,20?,22-/m1/s1. The van der Waals surface area contributed by atoms with Crippen LogP contribution in [0.15, 0.2) is 12.1 Å². The van der Waals surface area contributed by atoms with Crippen LogP contribution in [-0.4, -0.2) is 8.42 Å². The number of hydrogen-bond donors (Lipinski definition) is 1. The van der Waals surface area contributed by atoms with Gasteiger partial charge in [0.15, 0.2) is 5.75 Å². The van der Waals surface area contributed by atoms with E-state index in [1.54, 1.807) is 6.92 Å². The van der Waals surface area contributed by atoms with Gasteiger partial charge in [-0.3, -0.25) is 0 Å². The van der Waals surface area contributed by atoms with E-state index in [2.05, 4.69) is 31.8 Å². The van der Waals surface area contributed by atoms with Crippen LogP contribution in [0.4, 0.5) is 0 Å². The van der Waals surface area contributed by atoms with E-state index in [1.165, 1.54) is 43.2 Å². The molecule has 2 saturated carbocycles. The van der Waals surface area contributed by atoms with Crippen LogP contribution in [0.5, 0.6) is 5.75 Å². The summed E-state index contributed by atoms with van der Waals surface area (Å²) in [6.45, 7) is 6.69. The minimum Gasteiger partial charge on any atom is -0.370 e. The highest BCUT2D eigenvalue weighted by Crippen LogP contribution is 2.62. The van der Waals surface area contributed by atoms with Crippen molar-refractivity contribution in [3.63, 3.8) is 0 Å². The summed E-state index contributed by atoms with van der Waals surface area (Å²) in [5.74, 6) is 9.05. The van der Waals surface area contributed by atoms with E-state index < -0.39 is 10.3 Å². The Kier molecular flexibility index (Phi) is 4.56. The number of nitrogens with two attached hydrogens (primary N) is 1. The first kappa shape index (κ1) is 18.8. The predicted molar refractivity (Wildman–Crippen MR) is 107 cm³/mol. The number of aryl methyl sites for hydroxylation is 1. The maximum absolute atomic E-state index is 11.5. The molecule has 1 aromatic carbocycles. The molecule has 146 valence electrons. The lowest BCUT2D eigenvalue weighted by Gasteiger charge is -2.50. The Hall–Kier alpha value is -1.51. The highest BCUT2D eigenvalue weighted by molar-refractivity contribution is 7.84. The maximum atomic E-state index is 11.5. The van der Waals surface area contributed by atoms with E-state index in [9.17, 15) is 8.42 Å². The fraction of sp³-hybridized carbons (Fsp3) is 0.636. The van der Waals surface area contributed by atoms with Gasteiger partial charge in [-0.1, -0.05) is 19.8 Å². The fourth-order valence-corrected chi connectivity index (χ4v) is 6.68. The lowest BCUT2D eigenvalue weighted by molar-refractivity contribution is 0.0336. The van der Waals surface area contributed by atoms with Crippen LogP contribution in [0, 0.1) is 35.0 Å². The van der Waals surface area contributed by atoms with Gasteiger partial charge >= 0.3 is 10.3 Å². The second-order valence-electron chi connectivity index (χ2n) is 8.94. The van der Waals surface area contributed by atoms with E-state index in [-0.39, 0.29) is 5.75 Å². The lowest BCUT2D eigenvalue weighted by Crippen LogP contribution is -2.41. The van der Waals surface area contributed by atoms with Crippen molar-refractivity contribution < 1.29 is 12.6 Å². The Morgan fingerprint density at radius 2 is 2.00 bits per heavy atom. The van der Waals surface area contributed by atoms with Crippen molar-refractivity contribution in [3.8, 4) is 17.6 Å². The minimum absolute atomic E-state index is 0.263. The van der Waals surface area contributed by atoms with Crippen LogP contribution in [-0.2, 0) is 16.7 Å². The molecular weight excluding hydrogens is 358 g/mol. The van der Waals surface area contributed by atoms with Gasteiger partial charge in [0.2, 0.25) is 0 Å². The topological polar surface area (TPSA) is 69.4 Å². The normalized spacial score (nSPS) is 34.7. The smallest absolute Gasteiger partial charge is 0.370 e. The zero-order valence-corrected chi connectivity index (χ0v) is 17.2. The van der Waals surface area contributed by atoms with Crippen LogP contribution in [0.25, 0.3) is 0 Å². The van der Waals surface area contributed by atoms with Crippen molar-refractivity contribution in [2.45, 2.75) is 65.2 Å². The van der Waals surface area contributed by atoms with Crippen LogP contribution in [0.2, 0.25) is 0 Å². The lowest BCUT2D eigenvalue weighted by atomic mass is 9.54. The molecular formula is C22H29NO3S. The molecule has 5 heteroatoms. The number of fused-ring (bicyclic) bond motifs is 5. The summed E-state index contributed by atoms with van der Waals surface area (Å²) < 4.78 is 27.9. The van der Waals surface area contributed by atoms with Gasteiger partial charge in [0.25, 0.3) is 0 Å². The molecule has 0 spiro atoms. The quantitative estimate of drug-likeness (QED) is 0.776. The van der Waals surface area contributed by atoms with Gasteiger partial charge in [-0.2, -0.15) is 13.6 Å². The molecule has 4 rings (SSSR count). The second-order valence-corrected chi connectivity index (χ2v) is 10.1. The first-order valence-electron chi connectivity index (χ1n) is 10.0. The monoisotopic (exact) mass is 387 g/mol. The van der Waals surface area contributed by atoms with Gasteiger partial charge in [0.1, 0.15) is 0 Å². The highest BCUT2D eigenvalue weighted by atomic mass is 32.2. The maximum Gasteiger partial charge on any atom is 0.380 e. The third kappa shape index (κ3) is 3.17. The Morgan fingerprint density at radius 3 is 2.70 bits per heavy atom. The largest absolute Gasteiger partial charge is 0.380 e. The van der Waals surface area contributed by atoms with Crippen molar-refractivity contribution in [2.75, 3.05) is 0 Å². The molecule has 27 heavy (non-hydrogen) atoms. The van der Waals surface area contributed by atoms with Crippen LogP contribution in [0.1, 0.15) is 75.5 Å². The van der Waals surface area contributed by atoms with Gasteiger partial charge in [-0.05, 0) is 97.8 Å². The summed E-state index contributed by atoms with van der Waals surface area (Å²) in [4.78, 5) is 0. The second kappa shape index (κ2) is 6.53. The van der Waals surface area contributed by atoms with Crippen LogP contribution < -0.4 is 9.32 Å². The van der Waals surface area contributed by atoms with Gasteiger partial charge in [-0.15, -0.1) is 5.92 Å². The molecule has 0 aliphatic heterocycles. The molecule has 0 bridgehead atoms. The molecule has 0 aromatic heterocycles. The van der Waals surface area contributed by atoms with E-state index in [0.717, 1.165) is 24.2 Å². The van der Waals surface area contributed by atoms with E-state index >= 15 is 0 Å². The number of benzene rings is 1. The molecule has 0 heterocycles. The van der Waals surface area contributed by atoms with Gasteiger partial charge in [0, 0.05) is 0 Å². The molecule has 0 radical (unpaired) electrons. The number of hydrogen-bond acceptors (Lipinski definition) is 3. The Labute approximate surface area is 163 Å². The summed E-state index contributed by atoms with van der Waals surface area (Å²) in [6, 6.07) is 3.94. The summed E-state index contributed by atoms with van der Waals surface area (Å²) in [7, 11) is -4.06. The molecule has 1 aromatic rings. The van der Waals surface area contributed by atoms with Gasteiger partial charge in [0.05, 0.1) is 5.56 Å². The van der Waals surface area contributed by atoms with Gasteiger partial charge < -0.3 is 4.18 Å².